The second-order valence-electron chi connectivity index (χ2n) is 6.80. The van der Waals surface area contributed by atoms with Crippen LogP contribution in [0.5, 0.6) is 0 Å². The van der Waals surface area contributed by atoms with Gasteiger partial charge < -0.3 is 4.74 Å². The lowest BCUT2D eigenvalue weighted by Gasteiger charge is -2.11. The summed E-state index contributed by atoms with van der Waals surface area (Å²) >= 11 is 9.39. The number of hydrogen-bond acceptors (Lipinski definition) is 5. The number of nitrogens with zero attached hydrogens (tertiary/aromatic N) is 1. The fraction of sp³-hybridized carbons (Fsp3) is 0.273. The standard InChI is InChI=1S/C22H21ClN2O2S2/c23-19-9-3-1-6-15(19)12-17-13-24-22(29-17)25-21(26)18-8-2-4-10-20(18)28-14-16-7-5-11-27-16/h1-4,6,8-10,13,16H,5,7,11-12,14H2,(H,24,25,26). The molecule has 150 valence electrons. The van der Waals surface area contributed by atoms with Crippen molar-refractivity contribution in [3.8, 4) is 0 Å². The molecule has 1 aliphatic rings. The summed E-state index contributed by atoms with van der Waals surface area (Å²) in [6, 6.07) is 15.4. The molecule has 1 aromatic heterocycles. The first kappa shape index (κ1) is 20.4. The van der Waals surface area contributed by atoms with Gasteiger partial charge in [0.15, 0.2) is 5.13 Å². The number of ether oxygens (including phenoxy) is 1. The number of halogens is 1. The van der Waals surface area contributed by atoms with E-state index < -0.39 is 0 Å². The molecule has 2 aromatic carbocycles. The quantitative estimate of drug-likeness (QED) is 0.460. The predicted molar refractivity (Wildman–Crippen MR) is 120 cm³/mol. The van der Waals surface area contributed by atoms with Crippen molar-refractivity contribution in [3.05, 3.63) is 75.8 Å². The fourth-order valence-electron chi connectivity index (χ4n) is 3.18. The summed E-state index contributed by atoms with van der Waals surface area (Å²) in [5.74, 6) is 0.725. The van der Waals surface area contributed by atoms with Crippen molar-refractivity contribution in [1.29, 1.82) is 0 Å². The first-order valence-corrected chi connectivity index (χ1v) is 11.7. The van der Waals surface area contributed by atoms with E-state index in [1.165, 1.54) is 11.3 Å². The third kappa shape index (κ3) is 5.39. The molecule has 2 heterocycles. The zero-order valence-corrected chi connectivity index (χ0v) is 18.2. The Balaban J connectivity index is 1.41. The summed E-state index contributed by atoms with van der Waals surface area (Å²) < 4.78 is 5.69. The molecule has 1 saturated heterocycles. The average Bonchev–Trinajstić information content (AvgIpc) is 3.40. The van der Waals surface area contributed by atoms with E-state index in [2.05, 4.69) is 10.3 Å². The Labute approximate surface area is 183 Å². The molecule has 1 amide bonds. The highest BCUT2D eigenvalue weighted by Crippen LogP contribution is 2.29. The molecule has 4 rings (SSSR count). The van der Waals surface area contributed by atoms with Crippen LogP contribution in [0.4, 0.5) is 5.13 Å². The molecule has 0 spiro atoms. The van der Waals surface area contributed by atoms with Crippen molar-refractivity contribution in [1.82, 2.24) is 4.98 Å². The van der Waals surface area contributed by atoms with Crippen LogP contribution < -0.4 is 5.32 Å². The minimum atomic E-state index is -0.140. The van der Waals surface area contributed by atoms with Crippen LogP contribution in [0.15, 0.2) is 59.6 Å². The minimum Gasteiger partial charge on any atom is -0.377 e. The molecular formula is C22H21ClN2O2S2. The lowest BCUT2D eigenvalue weighted by atomic mass is 10.1. The topological polar surface area (TPSA) is 51.2 Å². The van der Waals surface area contributed by atoms with E-state index in [0.29, 0.717) is 17.1 Å². The summed E-state index contributed by atoms with van der Waals surface area (Å²) in [6.07, 6.45) is 4.98. The summed E-state index contributed by atoms with van der Waals surface area (Å²) in [5, 5.41) is 4.27. The van der Waals surface area contributed by atoms with Crippen molar-refractivity contribution in [2.75, 3.05) is 17.7 Å². The first-order valence-electron chi connectivity index (χ1n) is 9.52. The van der Waals surface area contributed by atoms with Gasteiger partial charge in [-0.15, -0.1) is 23.1 Å². The smallest absolute Gasteiger partial charge is 0.258 e. The third-order valence-electron chi connectivity index (χ3n) is 4.68. The number of hydrogen-bond donors (Lipinski definition) is 1. The van der Waals surface area contributed by atoms with E-state index >= 15 is 0 Å². The number of nitrogens with one attached hydrogen (secondary N) is 1. The molecule has 1 unspecified atom stereocenters. The number of amides is 1. The van der Waals surface area contributed by atoms with Gasteiger partial charge in [-0.25, -0.2) is 4.98 Å². The van der Waals surface area contributed by atoms with Crippen molar-refractivity contribution in [3.63, 3.8) is 0 Å². The molecule has 4 nitrogen and oxygen atoms in total. The van der Waals surface area contributed by atoms with Gasteiger partial charge in [0, 0.05) is 39.8 Å². The minimum absolute atomic E-state index is 0.140. The second-order valence-corrected chi connectivity index (χ2v) is 9.38. The summed E-state index contributed by atoms with van der Waals surface area (Å²) in [6.45, 7) is 0.841. The van der Waals surface area contributed by atoms with E-state index in [0.717, 1.165) is 45.6 Å². The number of carbonyl (C=O) groups is 1. The number of thioether (sulfide) groups is 1. The van der Waals surface area contributed by atoms with E-state index in [4.69, 9.17) is 16.3 Å². The monoisotopic (exact) mass is 444 g/mol. The van der Waals surface area contributed by atoms with Gasteiger partial charge >= 0.3 is 0 Å². The molecule has 1 N–H and O–H groups in total. The molecule has 1 aliphatic heterocycles. The number of carbonyl (C=O) groups excluding carboxylic acids is 1. The zero-order valence-electron chi connectivity index (χ0n) is 15.8. The molecule has 1 fully saturated rings. The highest BCUT2D eigenvalue weighted by molar-refractivity contribution is 7.99. The van der Waals surface area contributed by atoms with Crippen LogP contribution in [-0.4, -0.2) is 29.4 Å². The van der Waals surface area contributed by atoms with Gasteiger partial charge in [-0.05, 0) is 36.6 Å². The molecule has 0 saturated carbocycles. The highest BCUT2D eigenvalue weighted by atomic mass is 35.5. The van der Waals surface area contributed by atoms with Crippen LogP contribution >= 0.6 is 34.7 Å². The summed E-state index contributed by atoms with van der Waals surface area (Å²) in [5.41, 5.74) is 1.71. The van der Waals surface area contributed by atoms with Gasteiger partial charge in [0.05, 0.1) is 11.7 Å². The van der Waals surface area contributed by atoms with Crippen molar-refractivity contribution >= 4 is 45.7 Å². The zero-order chi connectivity index (χ0) is 20.1. The van der Waals surface area contributed by atoms with Crippen LogP contribution in [0.1, 0.15) is 33.6 Å². The Kier molecular flexibility index (Phi) is 6.87. The maximum absolute atomic E-state index is 12.8. The van der Waals surface area contributed by atoms with Crippen LogP contribution in [-0.2, 0) is 11.2 Å². The molecule has 0 aliphatic carbocycles. The van der Waals surface area contributed by atoms with Crippen molar-refractivity contribution < 1.29 is 9.53 Å². The van der Waals surface area contributed by atoms with E-state index in [1.54, 1.807) is 18.0 Å². The Bertz CT molecular complexity index is 986. The Morgan fingerprint density at radius 2 is 2.07 bits per heavy atom. The average molecular weight is 445 g/mol. The molecule has 1 atom stereocenters. The van der Waals surface area contributed by atoms with Crippen LogP contribution in [0.2, 0.25) is 5.02 Å². The fourth-order valence-corrected chi connectivity index (χ4v) is 5.33. The number of benzene rings is 2. The molecule has 7 heteroatoms. The van der Waals surface area contributed by atoms with Crippen LogP contribution in [0, 0.1) is 0 Å². The van der Waals surface area contributed by atoms with Gasteiger partial charge in [-0.3, -0.25) is 10.1 Å². The number of aromatic nitrogens is 1. The maximum Gasteiger partial charge on any atom is 0.258 e. The Morgan fingerprint density at radius 3 is 2.90 bits per heavy atom. The second kappa shape index (κ2) is 9.76. The maximum atomic E-state index is 12.8. The molecule has 3 aromatic rings. The van der Waals surface area contributed by atoms with Gasteiger partial charge in [-0.2, -0.15) is 0 Å². The SMILES string of the molecule is O=C(Nc1ncc(Cc2ccccc2Cl)s1)c1ccccc1SCC1CCCO1. The Hall–Kier alpha value is -1.86. The number of anilines is 1. The third-order valence-corrected chi connectivity index (χ3v) is 7.16. The van der Waals surface area contributed by atoms with E-state index in [9.17, 15) is 4.79 Å². The molecule has 0 bridgehead atoms. The van der Waals surface area contributed by atoms with Gasteiger partial charge in [-0.1, -0.05) is 41.9 Å². The number of thiazole rings is 1. The lowest BCUT2D eigenvalue weighted by Crippen LogP contribution is -2.13. The summed E-state index contributed by atoms with van der Waals surface area (Å²) in [4.78, 5) is 19.2. The van der Waals surface area contributed by atoms with E-state index in [-0.39, 0.29) is 12.0 Å². The summed E-state index contributed by atoms with van der Waals surface area (Å²) in [7, 11) is 0. The molecular weight excluding hydrogens is 424 g/mol. The molecule has 0 radical (unpaired) electrons. The van der Waals surface area contributed by atoms with Crippen molar-refractivity contribution in [2.45, 2.75) is 30.3 Å². The lowest BCUT2D eigenvalue weighted by molar-refractivity contribution is 0.102. The predicted octanol–water partition coefficient (Wildman–Crippen LogP) is 5.91. The normalized spacial score (nSPS) is 16.1. The Morgan fingerprint density at radius 1 is 1.24 bits per heavy atom. The highest BCUT2D eigenvalue weighted by Gasteiger charge is 2.18. The van der Waals surface area contributed by atoms with Crippen molar-refractivity contribution in [2.24, 2.45) is 0 Å². The van der Waals surface area contributed by atoms with E-state index in [1.807, 2.05) is 48.5 Å². The largest absolute Gasteiger partial charge is 0.377 e. The van der Waals surface area contributed by atoms with Gasteiger partial charge in [0.2, 0.25) is 0 Å². The first-order chi connectivity index (χ1) is 14.2. The van der Waals surface area contributed by atoms with Crippen LogP contribution in [0.3, 0.4) is 0 Å². The number of rotatable bonds is 7. The molecule has 29 heavy (non-hydrogen) atoms. The van der Waals surface area contributed by atoms with Crippen LogP contribution in [0.25, 0.3) is 0 Å². The van der Waals surface area contributed by atoms with Gasteiger partial charge in [0.25, 0.3) is 5.91 Å². The van der Waals surface area contributed by atoms with Gasteiger partial charge in [0.1, 0.15) is 0 Å².